The van der Waals surface area contributed by atoms with Crippen molar-refractivity contribution in [1.82, 2.24) is 0 Å². The van der Waals surface area contributed by atoms with E-state index in [9.17, 15) is 13.6 Å². The van der Waals surface area contributed by atoms with Gasteiger partial charge in [-0.3, -0.25) is 4.79 Å². The van der Waals surface area contributed by atoms with Crippen LogP contribution in [0, 0.1) is 0 Å². The van der Waals surface area contributed by atoms with Crippen LogP contribution in [0.2, 0.25) is 0 Å². The van der Waals surface area contributed by atoms with Gasteiger partial charge in [0.1, 0.15) is 0 Å². The molecule has 5 heteroatoms. The number of nitrogens with zero attached hydrogens (tertiary/aromatic N) is 1. The predicted octanol–water partition coefficient (Wildman–Crippen LogP) is 1.73. The van der Waals surface area contributed by atoms with E-state index in [2.05, 4.69) is 0 Å². The summed E-state index contributed by atoms with van der Waals surface area (Å²) in [6.07, 6.45) is -2.02. The van der Waals surface area contributed by atoms with Crippen molar-refractivity contribution in [2.75, 3.05) is 18.0 Å². The largest absolute Gasteiger partial charge is 0.368 e. The van der Waals surface area contributed by atoms with Gasteiger partial charge in [0.25, 0.3) is 0 Å². The number of benzene rings is 1. The van der Waals surface area contributed by atoms with E-state index in [-0.39, 0.29) is 6.54 Å². The molecule has 0 unspecified atom stereocenters. The summed E-state index contributed by atoms with van der Waals surface area (Å²) in [7, 11) is 0. The van der Waals surface area contributed by atoms with Gasteiger partial charge in [-0.15, -0.1) is 0 Å². The maximum atomic E-state index is 12.9. The Morgan fingerprint density at radius 1 is 1.47 bits per heavy atom. The van der Waals surface area contributed by atoms with Crippen LogP contribution in [0.4, 0.5) is 14.5 Å². The molecule has 0 saturated heterocycles. The van der Waals surface area contributed by atoms with Crippen LogP contribution in [0.15, 0.2) is 24.3 Å². The normalized spacial score (nSPS) is 19.2. The van der Waals surface area contributed by atoms with E-state index < -0.39 is 18.3 Å². The van der Waals surface area contributed by atoms with Crippen molar-refractivity contribution < 1.29 is 13.6 Å². The van der Waals surface area contributed by atoms with E-state index in [1.54, 1.807) is 29.2 Å². The molecule has 0 aliphatic carbocycles. The molecule has 3 nitrogen and oxygen atoms in total. The number of halogens is 2. The van der Waals surface area contributed by atoms with Crippen LogP contribution in [0.5, 0.6) is 0 Å². The summed E-state index contributed by atoms with van der Waals surface area (Å²) in [6.45, 7) is 0.516. The molecule has 1 aliphatic heterocycles. The number of rotatable bonds is 3. The molecule has 1 aromatic rings. The Morgan fingerprint density at radius 2 is 2.18 bits per heavy atom. The molecule has 0 saturated carbocycles. The van der Waals surface area contributed by atoms with E-state index in [4.69, 9.17) is 5.73 Å². The van der Waals surface area contributed by atoms with Crippen LogP contribution in [-0.2, 0) is 4.79 Å². The first-order valence-corrected chi connectivity index (χ1v) is 5.50. The number of fused-ring (bicyclic) bond motifs is 1. The third kappa shape index (κ3) is 2.38. The summed E-state index contributed by atoms with van der Waals surface area (Å²) in [4.78, 5) is 12.7. The van der Waals surface area contributed by atoms with Gasteiger partial charge in [0, 0.05) is 18.2 Å². The van der Waals surface area contributed by atoms with E-state index >= 15 is 0 Å². The Hall–Kier alpha value is -1.65. The Balaban J connectivity index is 2.33. The average Bonchev–Trinajstić information content (AvgIpc) is 2.28. The Labute approximate surface area is 98.2 Å². The Bertz CT molecular complexity index is 423. The van der Waals surface area contributed by atoms with Crippen molar-refractivity contribution in [3.8, 4) is 0 Å². The summed E-state index contributed by atoms with van der Waals surface area (Å²) in [5.74, 6) is -1.19. The van der Waals surface area contributed by atoms with Crippen molar-refractivity contribution in [3.05, 3.63) is 29.8 Å². The number of carbonyl (C=O) groups is 1. The van der Waals surface area contributed by atoms with Gasteiger partial charge >= 0.3 is 0 Å². The SMILES string of the molecule is NC(=O)CN1CC[C@H](C(F)F)c2ccccc21. The minimum absolute atomic E-state index is 0.0764. The maximum Gasteiger partial charge on any atom is 0.245 e. The molecule has 0 spiro atoms. The standard InChI is InChI=1S/C12H14F2N2O/c13-12(14)9-5-6-16(7-11(15)17)10-4-2-1-3-8(9)10/h1-4,9,12H,5-7H2,(H2,15,17)/t9-/m0/s1. The lowest BCUT2D eigenvalue weighted by Crippen LogP contribution is -2.39. The third-order valence-corrected chi connectivity index (χ3v) is 3.04. The number of para-hydroxylation sites is 1. The van der Waals surface area contributed by atoms with Crippen molar-refractivity contribution in [2.45, 2.75) is 18.8 Å². The topological polar surface area (TPSA) is 46.3 Å². The van der Waals surface area contributed by atoms with Gasteiger partial charge in [-0.2, -0.15) is 0 Å². The molecule has 0 fully saturated rings. The molecule has 17 heavy (non-hydrogen) atoms. The molecule has 1 aliphatic rings. The molecule has 0 aromatic heterocycles. The lowest BCUT2D eigenvalue weighted by Gasteiger charge is -2.34. The van der Waals surface area contributed by atoms with Crippen molar-refractivity contribution in [3.63, 3.8) is 0 Å². The quantitative estimate of drug-likeness (QED) is 0.874. The highest BCUT2D eigenvalue weighted by atomic mass is 19.3. The highest BCUT2D eigenvalue weighted by molar-refractivity contribution is 5.80. The second kappa shape index (κ2) is 4.69. The van der Waals surface area contributed by atoms with Gasteiger partial charge in [-0.25, -0.2) is 8.78 Å². The molecule has 1 aromatic carbocycles. The van der Waals surface area contributed by atoms with E-state index in [0.29, 0.717) is 24.2 Å². The van der Waals surface area contributed by atoms with Crippen LogP contribution < -0.4 is 10.6 Å². The number of carbonyl (C=O) groups excluding carboxylic acids is 1. The molecule has 0 bridgehead atoms. The number of anilines is 1. The maximum absolute atomic E-state index is 12.9. The lowest BCUT2D eigenvalue weighted by molar-refractivity contribution is -0.116. The zero-order valence-electron chi connectivity index (χ0n) is 9.27. The molecule has 0 radical (unpaired) electrons. The van der Waals surface area contributed by atoms with Gasteiger partial charge < -0.3 is 10.6 Å². The smallest absolute Gasteiger partial charge is 0.245 e. The van der Waals surface area contributed by atoms with Crippen molar-refractivity contribution >= 4 is 11.6 Å². The van der Waals surface area contributed by atoms with Gasteiger partial charge in [0.15, 0.2) is 0 Å². The van der Waals surface area contributed by atoms with E-state index in [1.807, 2.05) is 0 Å². The van der Waals surface area contributed by atoms with E-state index in [1.165, 1.54) is 0 Å². The molecular formula is C12H14F2N2O. The fourth-order valence-corrected chi connectivity index (χ4v) is 2.27. The van der Waals surface area contributed by atoms with Gasteiger partial charge in [0.05, 0.1) is 6.54 Å². The number of hydrogen-bond donors (Lipinski definition) is 1. The minimum Gasteiger partial charge on any atom is -0.368 e. The fourth-order valence-electron chi connectivity index (χ4n) is 2.27. The van der Waals surface area contributed by atoms with Crippen LogP contribution in [0.3, 0.4) is 0 Å². The molecule has 92 valence electrons. The highest BCUT2D eigenvalue weighted by Gasteiger charge is 2.31. The highest BCUT2D eigenvalue weighted by Crippen LogP contribution is 2.38. The summed E-state index contributed by atoms with van der Waals surface area (Å²) >= 11 is 0. The van der Waals surface area contributed by atoms with Gasteiger partial charge in [-0.1, -0.05) is 18.2 Å². The molecular weight excluding hydrogens is 226 g/mol. The summed E-state index contributed by atoms with van der Waals surface area (Å²) in [5.41, 5.74) is 6.45. The first-order chi connectivity index (χ1) is 8.09. The third-order valence-electron chi connectivity index (χ3n) is 3.04. The molecule has 1 heterocycles. The fraction of sp³-hybridized carbons (Fsp3) is 0.417. The second-order valence-electron chi connectivity index (χ2n) is 4.18. The summed E-state index contributed by atoms with van der Waals surface area (Å²) < 4.78 is 25.8. The monoisotopic (exact) mass is 240 g/mol. The summed E-state index contributed by atoms with van der Waals surface area (Å²) in [6, 6.07) is 6.97. The average molecular weight is 240 g/mol. The van der Waals surface area contributed by atoms with Crippen LogP contribution in [-0.4, -0.2) is 25.4 Å². The molecule has 1 amide bonds. The van der Waals surface area contributed by atoms with Gasteiger partial charge in [0.2, 0.25) is 12.3 Å². The van der Waals surface area contributed by atoms with Crippen LogP contribution >= 0.6 is 0 Å². The predicted molar refractivity (Wildman–Crippen MR) is 61.2 cm³/mol. The van der Waals surface area contributed by atoms with E-state index in [0.717, 1.165) is 0 Å². The number of nitrogens with two attached hydrogens (primary N) is 1. The summed E-state index contributed by atoms with van der Waals surface area (Å²) in [5, 5.41) is 0. The second-order valence-corrected chi connectivity index (χ2v) is 4.18. The molecule has 2 rings (SSSR count). The molecule has 1 atom stereocenters. The Morgan fingerprint density at radius 3 is 2.82 bits per heavy atom. The zero-order valence-corrected chi connectivity index (χ0v) is 9.27. The van der Waals surface area contributed by atoms with Crippen LogP contribution in [0.1, 0.15) is 17.9 Å². The minimum atomic E-state index is -2.37. The molecule has 2 N–H and O–H groups in total. The Kier molecular flexibility index (Phi) is 3.26. The number of amides is 1. The first-order valence-electron chi connectivity index (χ1n) is 5.50. The van der Waals surface area contributed by atoms with Crippen LogP contribution in [0.25, 0.3) is 0 Å². The number of primary amides is 1. The van der Waals surface area contributed by atoms with Crippen molar-refractivity contribution in [2.24, 2.45) is 5.73 Å². The zero-order chi connectivity index (χ0) is 12.4. The van der Waals surface area contributed by atoms with Gasteiger partial charge in [-0.05, 0) is 18.1 Å². The number of alkyl halides is 2. The lowest BCUT2D eigenvalue weighted by atomic mass is 9.90. The number of hydrogen-bond acceptors (Lipinski definition) is 2. The first kappa shape index (κ1) is 11.8. The van der Waals surface area contributed by atoms with Crippen molar-refractivity contribution in [1.29, 1.82) is 0 Å².